The molecule has 0 amide bonds. The number of ether oxygens (including phenoxy) is 1. The second-order valence-electron chi connectivity index (χ2n) is 3.22. The third kappa shape index (κ3) is 2.15. The van der Waals surface area contributed by atoms with Gasteiger partial charge in [0.2, 0.25) is 0 Å². The van der Waals surface area contributed by atoms with E-state index in [0.29, 0.717) is 0 Å². The molecular formula is C11H13BrO2. The van der Waals surface area contributed by atoms with Crippen molar-refractivity contribution in [2.45, 2.75) is 19.8 Å². The zero-order valence-electron chi connectivity index (χ0n) is 8.50. The maximum Gasteiger partial charge on any atom is 0.312 e. The second kappa shape index (κ2) is 4.60. The summed E-state index contributed by atoms with van der Waals surface area (Å²) < 4.78 is 5.67. The van der Waals surface area contributed by atoms with Crippen LogP contribution in [0.2, 0.25) is 0 Å². The smallest absolute Gasteiger partial charge is 0.312 e. The van der Waals surface area contributed by atoms with Gasteiger partial charge in [0, 0.05) is 4.47 Å². The van der Waals surface area contributed by atoms with Crippen LogP contribution in [0.3, 0.4) is 0 Å². The van der Waals surface area contributed by atoms with Gasteiger partial charge in [-0.3, -0.25) is 4.79 Å². The highest BCUT2D eigenvalue weighted by molar-refractivity contribution is 9.10. The van der Waals surface area contributed by atoms with Crippen molar-refractivity contribution in [2.75, 3.05) is 7.11 Å². The minimum atomic E-state index is -0.226. The van der Waals surface area contributed by atoms with E-state index < -0.39 is 0 Å². The van der Waals surface area contributed by atoms with Gasteiger partial charge >= 0.3 is 5.97 Å². The molecular weight excluding hydrogens is 244 g/mol. The van der Waals surface area contributed by atoms with Crippen molar-refractivity contribution in [3.8, 4) is 0 Å². The maximum atomic E-state index is 11.4. The number of carbonyl (C=O) groups excluding carboxylic acids is 1. The van der Waals surface area contributed by atoms with Gasteiger partial charge in [-0.05, 0) is 31.0 Å². The molecule has 0 fully saturated rings. The third-order valence-electron chi connectivity index (χ3n) is 2.26. The van der Waals surface area contributed by atoms with E-state index in [4.69, 9.17) is 4.74 Å². The maximum absolute atomic E-state index is 11.4. The monoisotopic (exact) mass is 256 g/mol. The average molecular weight is 257 g/mol. The summed E-state index contributed by atoms with van der Waals surface area (Å²) in [6.07, 6.45) is 0. The lowest BCUT2D eigenvalue weighted by atomic mass is 9.97. The summed E-state index contributed by atoms with van der Waals surface area (Å²) in [5, 5.41) is 0. The number of esters is 1. The van der Waals surface area contributed by atoms with Crippen molar-refractivity contribution < 1.29 is 9.53 Å². The molecule has 0 N–H and O–H groups in total. The first-order valence-corrected chi connectivity index (χ1v) is 5.20. The van der Waals surface area contributed by atoms with Gasteiger partial charge in [-0.15, -0.1) is 0 Å². The fraction of sp³-hybridized carbons (Fsp3) is 0.364. The van der Waals surface area contributed by atoms with Crippen molar-refractivity contribution in [1.29, 1.82) is 0 Å². The Bertz CT molecular complexity index is 327. The SMILES string of the molecule is COC(=O)C(C)c1c(C)cccc1Br. The fourth-order valence-corrected chi connectivity index (χ4v) is 2.30. The van der Waals surface area contributed by atoms with E-state index in [1.807, 2.05) is 32.0 Å². The van der Waals surface area contributed by atoms with Crippen LogP contribution in [-0.2, 0) is 9.53 Å². The molecule has 1 aromatic carbocycles. The summed E-state index contributed by atoms with van der Waals surface area (Å²) in [5.41, 5.74) is 2.09. The fourth-order valence-electron chi connectivity index (χ4n) is 1.49. The Morgan fingerprint density at radius 1 is 1.50 bits per heavy atom. The first-order chi connectivity index (χ1) is 6.57. The molecule has 1 aromatic rings. The van der Waals surface area contributed by atoms with Crippen molar-refractivity contribution in [1.82, 2.24) is 0 Å². The van der Waals surface area contributed by atoms with Crippen LogP contribution in [0.1, 0.15) is 24.0 Å². The highest BCUT2D eigenvalue weighted by Gasteiger charge is 2.19. The average Bonchev–Trinajstić information content (AvgIpc) is 2.16. The van der Waals surface area contributed by atoms with Crippen molar-refractivity contribution in [2.24, 2.45) is 0 Å². The molecule has 1 unspecified atom stereocenters. The quantitative estimate of drug-likeness (QED) is 0.761. The number of rotatable bonds is 2. The molecule has 0 spiro atoms. The predicted molar refractivity (Wildman–Crippen MR) is 59.3 cm³/mol. The van der Waals surface area contributed by atoms with Crippen LogP contribution in [0.15, 0.2) is 22.7 Å². The summed E-state index contributed by atoms with van der Waals surface area (Å²) in [5.74, 6) is -0.435. The van der Waals surface area contributed by atoms with E-state index in [9.17, 15) is 4.79 Å². The van der Waals surface area contributed by atoms with Crippen LogP contribution in [0.4, 0.5) is 0 Å². The zero-order chi connectivity index (χ0) is 10.7. The molecule has 0 radical (unpaired) electrons. The number of hydrogen-bond acceptors (Lipinski definition) is 2. The lowest BCUT2D eigenvalue weighted by Crippen LogP contribution is -2.12. The standard InChI is InChI=1S/C11H13BrO2/c1-7-5-4-6-9(12)10(7)8(2)11(13)14-3/h4-6,8H,1-3H3. The molecule has 0 saturated carbocycles. The molecule has 3 heteroatoms. The molecule has 14 heavy (non-hydrogen) atoms. The lowest BCUT2D eigenvalue weighted by molar-refractivity contribution is -0.142. The number of benzene rings is 1. The molecule has 76 valence electrons. The number of aryl methyl sites for hydroxylation is 1. The van der Waals surface area contributed by atoms with Crippen molar-refractivity contribution in [3.63, 3.8) is 0 Å². The zero-order valence-corrected chi connectivity index (χ0v) is 10.1. The van der Waals surface area contributed by atoms with Gasteiger partial charge in [0.05, 0.1) is 13.0 Å². The second-order valence-corrected chi connectivity index (χ2v) is 4.07. The van der Waals surface area contributed by atoms with Gasteiger partial charge in [-0.2, -0.15) is 0 Å². The van der Waals surface area contributed by atoms with Crippen LogP contribution in [0.5, 0.6) is 0 Å². The van der Waals surface area contributed by atoms with E-state index in [0.717, 1.165) is 15.6 Å². The number of halogens is 1. The summed E-state index contributed by atoms with van der Waals surface area (Å²) in [4.78, 5) is 11.4. The Morgan fingerprint density at radius 2 is 2.14 bits per heavy atom. The van der Waals surface area contributed by atoms with Gasteiger partial charge in [0.15, 0.2) is 0 Å². The van der Waals surface area contributed by atoms with Crippen molar-refractivity contribution in [3.05, 3.63) is 33.8 Å². The molecule has 0 bridgehead atoms. The summed E-state index contributed by atoms with van der Waals surface area (Å²) in [7, 11) is 1.41. The summed E-state index contributed by atoms with van der Waals surface area (Å²) in [6.45, 7) is 3.83. The predicted octanol–water partition coefficient (Wildman–Crippen LogP) is 3.03. The van der Waals surface area contributed by atoms with Crippen molar-refractivity contribution >= 4 is 21.9 Å². The molecule has 0 aliphatic carbocycles. The third-order valence-corrected chi connectivity index (χ3v) is 2.95. The number of hydrogen-bond donors (Lipinski definition) is 0. The highest BCUT2D eigenvalue weighted by atomic mass is 79.9. The Morgan fingerprint density at radius 3 is 2.64 bits per heavy atom. The number of carbonyl (C=O) groups is 1. The van der Waals surface area contributed by atoms with E-state index in [2.05, 4.69) is 15.9 Å². The Hall–Kier alpha value is -0.830. The normalized spacial score (nSPS) is 12.3. The van der Waals surface area contributed by atoms with Crippen LogP contribution in [0.25, 0.3) is 0 Å². The minimum Gasteiger partial charge on any atom is -0.469 e. The van der Waals surface area contributed by atoms with E-state index in [1.165, 1.54) is 7.11 Å². The summed E-state index contributed by atoms with van der Waals surface area (Å²) in [6, 6.07) is 5.87. The van der Waals surface area contributed by atoms with Crippen LogP contribution < -0.4 is 0 Å². The molecule has 0 aromatic heterocycles. The molecule has 1 atom stereocenters. The van der Waals surface area contributed by atoms with Crippen LogP contribution >= 0.6 is 15.9 Å². The minimum absolute atomic E-state index is 0.208. The molecule has 1 rings (SSSR count). The molecule has 0 aliphatic heterocycles. The van der Waals surface area contributed by atoms with Gasteiger partial charge in [-0.1, -0.05) is 28.1 Å². The van der Waals surface area contributed by atoms with E-state index in [1.54, 1.807) is 0 Å². The first-order valence-electron chi connectivity index (χ1n) is 4.40. The molecule has 0 heterocycles. The lowest BCUT2D eigenvalue weighted by Gasteiger charge is -2.14. The Balaban J connectivity index is 3.11. The number of methoxy groups -OCH3 is 1. The summed E-state index contributed by atoms with van der Waals surface area (Å²) >= 11 is 3.44. The van der Waals surface area contributed by atoms with E-state index >= 15 is 0 Å². The molecule has 2 nitrogen and oxygen atoms in total. The molecule has 0 saturated heterocycles. The van der Waals surface area contributed by atoms with Gasteiger partial charge in [-0.25, -0.2) is 0 Å². The van der Waals surface area contributed by atoms with Gasteiger partial charge < -0.3 is 4.74 Å². The van der Waals surface area contributed by atoms with Gasteiger partial charge in [0.1, 0.15) is 0 Å². The Labute approximate surface area is 92.4 Å². The highest BCUT2D eigenvalue weighted by Crippen LogP contribution is 2.28. The Kier molecular flexibility index (Phi) is 3.69. The first kappa shape index (κ1) is 11.2. The van der Waals surface area contributed by atoms with Crippen LogP contribution in [-0.4, -0.2) is 13.1 Å². The topological polar surface area (TPSA) is 26.3 Å². The van der Waals surface area contributed by atoms with Crippen LogP contribution in [0, 0.1) is 6.92 Å². The molecule has 0 aliphatic rings. The largest absolute Gasteiger partial charge is 0.469 e. The van der Waals surface area contributed by atoms with Gasteiger partial charge in [0.25, 0.3) is 0 Å². The van der Waals surface area contributed by atoms with E-state index in [-0.39, 0.29) is 11.9 Å².